The van der Waals surface area contributed by atoms with Gasteiger partial charge in [0.15, 0.2) is 0 Å². The Kier molecular flexibility index (Phi) is 6.73. The number of benzene rings is 1. The van der Waals surface area contributed by atoms with Crippen LogP contribution in [-0.4, -0.2) is 33.9 Å². The molecule has 3 aromatic rings. The quantitative estimate of drug-likeness (QED) is 0.646. The second-order valence-electron chi connectivity index (χ2n) is 8.43. The van der Waals surface area contributed by atoms with Gasteiger partial charge in [-0.1, -0.05) is 30.3 Å². The number of pyridine rings is 2. The zero-order valence-corrected chi connectivity index (χ0v) is 18.3. The van der Waals surface area contributed by atoms with E-state index in [1.807, 2.05) is 62.4 Å². The highest BCUT2D eigenvalue weighted by atomic mass is 16.1. The Morgan fingerprint density at radius 2 is 1.94 bits per heavy atom. The fourth-order valence-electron chi connectivity index (χ4n) is 4.46. The monoisotopic (exact) mass is 414 g/mol. The van der Waals surface area contributed by atoms with Crippen LogP contribution in [0.25, 0.3) is 0 Å². The predicted molar refractivity (Wildman–Crippen MR) is 123 cm³/mol. The number of hydrogen-bond donors (Lipinski definition) is 1. The zero-order chi connectivity index (χ0) is 21.6. The number of nitrogens with one attached hydrogen (secondary N) is 1. The number of carbonyl (C=O) groups is 1. The smallest absolute Gasteiger partial charge is 0.252 e. The first kappa shape index (κ1) is 21.2. The van der Waals surface area contributed by atoms with Crippen molar-refractivity contribution in [3.05, 3.63) is 95.1 Å². The lowest BCUT2D eigenvalue weighted by Gasteiger charge is -2.37. The Balaban J connectivity index is 1.53. The van der Waals surface area contributed by atoms with Crippen molar-refractivity contribution in [3.8, 4) is 0 Å². The lowest BCUT2D eigenvalue weighted by Crippen LogP contribution is -2.43. The van der Waals surface area contributed by atoms with Gasteiger partial charge in [0.25, 0.3) is 5.91 Å². The molecule has 0 unspecified atom stereocenters. The van der Waals surface area contributed by atoms with Crippen molar-refractivity contribution in [2.45, 2.75) is 39.3 Å². The topological polar surface area (TPSA) is 58.1 Å². The lowest BCUT2D eigenvalue weighted by atomic mass is 9.88. The molecule has 1 saturated heterocycles. The number of rotatable bonds is 6. The maximum atomic E-state index is 13.1. The Labute approximate surface area is 184 Å². The fourth-order valence-corrected chi connectivity index (χ4v) is 4.46. The zero-order valence-electron chi connectivity index (χ0n) is 18.3. The normalized spacial score (nSPS) is 17.8. The summed E-state index contributed by atoms with van der Waals surface area (Å²) < 4.78 is 0. The van der Waals surface area contributed by atoms with Gasteiger partial charge in [0.05, 0.1) is 17.4 Å². The van der Waals surface area contributed by atoms with Crippen molar-refractivity contribution in [3.63, 3.8) is 0 Å². The minimum Gasteiger partial charge on any atom is -0.343 e. The van der Waals surface area contributed by atoms with Crippen LogP contribution in [0.3, 0.4) is 0 Å². The molecule has 0 bridgehead atoms. The highest BCUT2D eigenvalue weighted by Gasteiger charge is 2.31. The Hall–Kier alpha value is -3.05. The molecule has 1 aliphatic rings. The lowest BCUT2D eigenvalue weighted by molar-refractivity contribution is 0.0873. The molecule has 1 amide bonds. The van der Waals surface area contributed by atoms with Crippen LogP contribution in [0.2, 0.25) is 0 Å². The average molecular weight is 415 g/mol. The van der Waals surface area contributed by atoms with E-state index >= 15 is 0 Å². The van der Waals surface area contributed by atoms with Gasteiger partial charge in [-0.15, -0.1) is 0 Å². The SMILES string of the molecule is Cc1cccc(CN2CCC[C@@H]([C@@H](NC(=O)c3ccccc3C)c3ccccn3)C2)n1. The molecule has 1 N–H and O–H groups in total. The van der Waals surface area contributed by atoms with Gasteiger partial charge in [-0.3, -0.25) is 19.7 Å². The summed E-state index contributed by atoms with van der Waals surface area (Å²) >= 11 is 0. The molecule has 4 rings (SSSR count). The number of amides is 1. The van der Waals surface area contributed by atoms with Gasteiger partial charge in [-0.05, 0) is 75.0 Å². The van der Waals surface area contributed by atoms with Crippen molar-refractivity contribution in [1.29, 1.82) is 0 Å². The molecule has 5 nitrogen and oxygen atoms in total. The van der Waals surface area contributed by atoms with Crippen molar-refractivity contribution in [2.75, 3.05) is 13.1 Å². The number of piperidine rings is 1. The third-order valence-electron chi connectivity index (χ3n) is 6.03. The van der Waals surface area contributed by atoms with E-state index in [0.29, 0.717) is 5.92 Å². The van der Waals surface area contributed by atoms with Crippen LogP contribution in [0.4, 0.5) is 0 Å². The maximum absolute atomic E-state index is 13.1. The molecule has 1 aromatic carbocycles. The molecule has 0 spiro atoms. The third-order valence-corrected chi connectivity index (χ3v) is 6.03. The summed E-state index contributed by atoms with van der Waals surface area (Å²) in [6.45, 7) is 6.79. The summed E-state index contributed by atoms with van der Waals surface area (Å²) in [6.07, 6.45) is 3.96. The second kappa shape index (κ2) is 9.84. The van der Waals surface area contributed by atoms with Crippen LogP contribution < -0.4 is 5.32 Å². The number of likely N-dealkylation sites (tertiary alicyclic amines) is 1. The number of hydrogen-bond acceptors (Lipinski definition) is 4. The highest BCUT2D eigenvalue weighted by molar-refractivity contribution is 5.95. The van der Waals surface area contributed by atoms with Gasteiger partial charge >= 0.3 is 0 Å². The maximum Gasteiger partial charge on any atom is 0.252 e. The molecule has 1 fully saturated rings. The van der Waals surface area contributed by atoms with E-state index in [9.17, 15) is 4.79 Å². The minimum atomic E-state index is -0.124. The fraction of sp³-hybridized carbons (Fsp3) is 0.346. The number of carbonyl (C=O) groups excluding carboxylic acids is 1. The molecule has 160 valence electrons. The first-order chi connectivity index (χ1) is 15.1. The van der Waals surface area contributed by atoms with E-state index in [1.165, 1.54) is 0 Å². The van der Waals surface area contributed by atoms with Crippen LogP contribution in [0.1, 0.15) is 51.9 Å². The minimum absolute atomic E-state index is 0.0359. The van der Waals surface area contributed by atoms with E-state index in [2.05, 4.69) is 32.3 Å². The van der Waals surface area contributed by atoms with Crippen molar-refractivity contribution in [1.82, 2.24) is 20.2 Å². The summed E-state index contributed by atoms with van der Waals surface area (Å²) in [6, 6.07) is 19.7. The van der Waals surface area contributed by atoms with Crippen molar-refractivity contribution < 1.29 is 4.79 Å². The summed E-state index contributed by atoms with van der Waals surface area (Å²) in [5, 5.41) is 3.31. The van der Waals surface area contributed by atoms with Crippen LogP contribution in [0.5, 0.6) is 0 Å². The average Bonchev–Trinajstić information content (AvgIpc) is 2.78. The standard InChI is InChI=1S/C26H30N4O/c1-19-9-3-4-13-23(19)26(31)29-25(24-14-5-6-15-27-24)21-11-8-16-30(17-21)18-22-12-7-10-20(2)28-22/h3-7,9-10,12-15,21,25H,8,11,16-18H2,1-2H3,(H,29,31)/t21-,25-/m1/s1. The molecule has 2 aromatic heterocycles. The second-order valence-corrected chi connectivity index (χ2v) is 8.43. The summed E-state index contributed by atoms with van der Waals surface area (Å²) in [5.74, 6) is 0.257. The van der Waals surface area contributed by atoms with E-state index in [-0.39, 0.29) is 11.9 Å². The molecule has 1 aliphatic heterocycles. The number of aryl methyl sites for hydroxylation is 2. The van der Waals surface area contributed by atoms with E-state index in [4.69, 9.17) is 0 Å². The molecule has 0 saturated carbocycles. The van der Waals surface area contributed by atoms with Crippen LogP contribution in [0, 0.1) is 19.8 Å². The van der Waals surface area contributed by atoms with Gasteiger partial charge in [-0.2, -0.15) is 0 Å². The number of aromatic nitrogens is 2. The molecule has 0 aliphatic carbocycles. The first-order valence-corrected chi connectivity index (χ1v) is 11.0. The van der Waals surface area contributed by atoms with Gasteiger partial charge < -0.3 is 5.32 Å². The Morgan fingerprint density at radius 3 is 2.71 bits per heavy atom. The number of nitrogens with zero attached hydrogens (tertiary/aromatic N) is 3. The molecule has 31 heavy (non-hydrogen) atoms. The Morgan fingerprint density at radius 1 is 1.10 bits per heavy atom. The first-order valence-electron chi connectivity index (χ1n) is 11.0. The molecule has 5 heteroatoms. The third kappa shape index (κ3) is 5.36. The molecule has 2 atom stereocenters. The van der Waals surface area contributed by atoms with Crippen LogP contribution in [-0.2, 0) is 6.54 Å². The summed E-state index contributed by atoms with van der Waals surface area (Å²) in [4.78, 5) is 24.9. The van der Waals surface area contributed by atoms with Gasteiger partial charge in [-0.25, -0.2) is 0 Å². The molecule has 0 radical (unpaired) electrons. The van der Waals surface area contributed by atoms with Gasteiger partial charge in [0, 0.05) is 30.5 Å². The molecular formula is C26H30N4O. The van der Waals surface area contributed by atoms with Crippen molar-refractivity contribution in [2.24, 2.45) is 5.92 Å². The predicted octanol–water partition coefficient (Wildman–Crippen LogP) is 4.48. The Bertz CT molecular complexity index is 1020. The van der Waals surface area contributed by atoms with E-state index < -0.39 is 0 Å². The van der Waals surface area contributed by atoms with Gasteiger partial charge in [0.2, 0.25) is 0 Å². The summed E-state index contributed by atoms with van der Waals surface area (Å²) in [7, 11) is 0. The highest BCUT2D eigenvalue weighted by Crippen LogP contribution is 2.30. The largest absolute Gasteiger partial charge is 0.343 e. The van der Waals surface area contributed by atoms with Gasteiger partial charge in [0.1, 0.15) is 0 Å². The van der Waals surface area contributed by atoms with Crippen molar-refractivity contribution >= 4 is 5.91 Å². The summed E-state index contributed by atoms with van der Waals surface area (Å²) in [5.41, 5.74) is 4.77. The van der Waals surface area contributed by atoms with E-state index in [0.717, 1.165) is 60.7 Å². The molecule has 3 heterocycles. The van der Waals surface area contributed by atoms with Crippen LogP contribution in [0.15, 0.2) is 66.9 Å². The molecular weight excluding hydrogens is 384 g/mol. The van der Waals surface area contributed by atoms with E-state index in [1.54, 1.807) is 6.20 Å². The van der Waals surface area contributed by atoms with Crippen LogP contribution >= 0.6 is 0 Å².